The summed E-state index contributed by atoms with van der Waals surface area (Å²) in [5.74, 6) is 0. The molecular weight excluding hydrogens is 514 g/mol. The second-order valence-electron chi connectivity index (χ2n) is 9.75. The fourth-order valence-corrected chi connectivity index (χ4v) is 5.86. The van der Waals surface area contributed by atoms with Crippen molar-refractivity contribution in [2.45, 2.75) is 0 Å². The summed E-state index contributed by atoms with van der Waals surface area (Å²) in [6.07, 6.45) is 14.4. The Kier molecular flexibility index (Phi) is 4.92. The number of nitrogens with zero attached hydrogens (tertiary/aromatic N) is 7. The van der Waals surface area contributed by atoms with E-state index in [1.165, 1.54) is 6.07 Å². The maximum absolute atomic E-state index is 12.1. The Bertz CT molecular complexity index is 2080. The van der Waals surface area contributed by atoms with Crippen molar-refractivity contribution in [3.8, 4) is 22.5 Å². The second-order valence-corrected chi connectivity index (χ2v) is 9.75. The summed E-state index contributed by atoms with van der Waals surface area (Å²) in [6.45, 7) is 0. The number of nitro benzene ring substituents is 1. The summed E-state index contributed by atoms with van der Waals surface area (Å²) >= 11 is 0. The second kappa shape index (κ2) is 8.78. The number of hydrogen-bond acceptors (Lipinski definition) is 6. The Morgan fingerprint density at radius 2 is 0.976 bits per heavy atom. The molecule has 0 amide bonds. The van der Waals surface area contributed by atoms with Gasteiger partial charge in [0.2, 0.25) is 0 Å². The van der Waals surface area contributed by atoms with Gasteiger partial charge >= 0.3 is 0 Å². The van der Waals surface area contributed by atoms with E-state index in [9.17, 15) is 10.1 Å². The van der Waals surface area contributed by atoms with E-state index in [0.717, 1.165) is 60.5 Å². The summed E-state index contributed by atoms with van der Waals surface area (Å²) < 4.78 is 4.32. The Morgan fingerprint density at radius 3 is 1.39 bits per heavy atom. The maximum atomic E-state index is 12.1. The molecule has 0 spiro atoms. The van der Waals surface area contributed by atoms with Crippen molar-refractivity contribution in [3.63, 3.8) is 0 Å². The predicted octanol–water partition coefficient (Wildman–Crippen LogP) is 7.04. The van der Waals surface area contributed by atoms with E-state index in [0.29, 0.717) is 5.56 Å². The van der Waals surface area contributed by atoms with Crippen molar-refractivity contribution in [3.05, 3.63) is 126 Å². The molecule has 0 aliphatic rings. The van der Waals surface area contributed by atoms with Crippen LogP contribution in [0.2, 0.25) is 0 Å². The lowest BCUT2D eigenvalue weighted by molar-refractivity contribution is -0.384. The number of pyridine rings is 4. The molecule has 8 rings (SSSR count). The molecule has 0 saturated heterocycles. The third-order valence-electron chi connectivity index (χ3n) is 7.57. The first-order valence-electron chi connectivity index (χ1n) is 12.9. The first-order valence-corrected chi connectivity index (χ1v) is 12.9. The van der Waals surface area contributed by atoms with Gasteiger partial charge in [0.25, 0.3) is 5.69 Å². The van der Waals surface area contributed by atoms with Crippen LogP contribution in [0, 0.1) is 10.1 Å². The summed E-state index contributed by atoms with van der Waals surface area (Å²) in [5, 5.41) is 16.0. The van der Waals surface area contributed by atoms with Gasteiger partial charge in [-0.25, -0.2) is 0 Å². The molecule has 194 valence electrons. The van der Waals surface area contributed by atoms with E-state index in [4.69, 9.17) is 0 Å². The minimum Gasteiger partial charge on any atom is -0.309 e. The fourth-order valence-electron chi connectivity index (χ4n) is 5.86. The summed E-state index contributed by atoms with van der Waals surface area (Å²) in [4.78, 5) is 29.2. The standard InChI is InChI=1S/C32H19N7O2/c40-39(41)32-4-2-1-3-23(32)20-13-21(37-28-5-9-33-16-24(28)25-17-34-10-6-29(25)37)15-22(14-20)38-30-7-11-35-18-26(30)27-19-36-12-8-31(27)38/h1-19H. The van der Waals surface area contributed by atoms with E-state index < -0.39 is 0 Å². The van der Waals surface area contributed by atoms with Gasteiger partial charge in [-0.2, -0.15) is 0 Å². The summed E-state index contributed by atoms with van der Waals surface area (Å²) in [6, 6.07) is 20.9. The van der Waals surface area contributed by atoms with Crippen LogP contribution in [0.4, 0.5) is 5.69 Å². The molecule has 8 aromatic rings. The SMILES string of the molecule is O=[N+]([O-])c1ccccc1-c1cc(-n2c3ccncc3c3cnccc32)cc(-n2c3ccncc3c3cnccc32)c1. The number of nitro groups is 1. The maximum Gasteiger partial charge on any atom is 0.277 e. The number of hydrogen-bond donors (Lipinski definition) is 0. The van der Waals surface area contributed by atoms with Gasteiger partial charge in [-0.15, -0.1) is 0 Å². The molecule has 6 aromatic heterocycles. The number of aromatic nitrogens is 6. The molecular formula is C32H19N7O2. The summed E-state index contributed by atoms with van der Waals surface area (Å²) in [7, 11) is 0. The highest BCUT2D eigenvalue weighted by Crippen LogP contribution is 2.38. The van der Waals surface area contributed by atoms with Gasteiger partial charge in [-0.1, -0.05) is 12.1 Å². The average Bonchev–Trinajstić information content (AvgIpc) is 3.54. The van der Waals surface area contributed by atoms with Crippen LogP contribution in [-0.2, 0) is 0 Å². The fraction of sp³-hybridized carbons (Fsp3) is 0. The molecule has 0 aliphatic heterocycles. The zero-order valence-electron chi connectivity index (χ0n) is 21.4. The lowest BCUT2D eigenvalue weighted by Crippen LogP contribution is -2.01. The zero-order valence-corrected chi connectivity index (χ0v) is 21.4. The first kappa shape index (κ1) is 23.0. The minimum atomic E-state index is -0.336. The smallest absolute Gasteiger partial charge is 0.277 e. The molecule has 0 radical (unpaired) electrons. The van der Waals surface area contributed by atoms with Crippen LogP contribution in [-0.4, -0.2) is 34.0 Å². The highest BCUT2D eigenvalue weighted by molar-refractivity contribution is 6.10. The van der Waals surface area contributed by atoms with Gasteiger partial charge in [0.1, 0.15) is 0 Å². The molecule has 41 heavy (non-hydrogen) atoms. The molecule has 0 aliphatic carbocycles. The quantitative estimate of drug-likeness (QED) is 0.178. The summed E-state index contributed by atoms with van der Waals surface area (Å²) in [5.41, 5.74) is 6.86. The zero-order chi connectivity index (χ0) is 27.5. The minimum absolute atomic E-state index is 0.0434. The van der Waals surface area contributed by atoms with E-state index in [1.54, 1.807) is 36.9 Å². The lowest BCUT2D eigenvalue weighted by Gasteiger charge is -2.15. The molecule has 0 N–H and O–H groups in total. The molecule has 2 aromatic carbocycles. The van der Waals surface area contributed by atoms with E-state index >= 15 is 0 Å². The number of benzene rings is 2. The van der Waals surface area contributed by atoms with Crippen molar-refractivity contribution in [2.75, 3.05) is 0 Å². The van der Waals surface area contributed by atoms with Gasteiger partial charge in [0.15, 0.2) is 0 Å². The van der Waals surface area contributed by atoms with Crippen LogP contribution in [0.3, 0.4) is 0 Å². The van der Waals surface area contributed by atoms with Crippen molar-refractivity contribution in [2.24, 2.45) is 0 Å². The predicted molar refractivity (Wildman–Crippen MR) is 158 cm³/mol. The first-order chi connectivity index (χ1) is 20.2. The Morgan fingerprint density at radius 1 is 0.561 bits per heavy atom. The van der Waals surface area contributed by atoms with Crippen LogP contribution in [0.25, 0.3) is 66.1 Å². The normalized spacial score (nSPS) is 11.6. The van der Waals surface area contributed by atoms with Crippen LogP contribution in [0.1, 0.15) is 0 Å². The Labute approximate surface area is 232 Å². The van der Waals surface area contributed by atoms with Crippen molar-refractivity contribution in [1.82, 2.24) is 29.1 Å². The topological polar surface area (TPSA) is 105 Å². The average molecular weight is 534 g/mol. The van der Waals surface area contributed by atoms with Gasteiger partial charge in [-0.3, -0.25) is 30.1 Å². The molecule has 6 heterocycles. The van der Waals surface area contributed by atoms with Crippen LogP contribution in [0.15, 0.2) is 116 Å². The van der Waals surface area contributed by atoms with Crippen molar-refractivity contribution < 1.29 is 4.92 Å². The Balaban J connectivity index is 1.52. The number of fused-ring (bicyclic) bond motifs is 6. The molecule has 0 fully saturated rings. The van der Waals surface area contributed by atoms with E-state index in [1.807, 2.05) is 67.3 Å². The number of para-hydroxylation sites is 1. The van der Waals surface area contributed by atoms with E-state index in [-0.39, 0.29) is 10.6 Å². The van der Waals surface area contributed by atoms with Crippen molar-refractivity contribution in [1.29, 1.82) is 0 Å². The van der Waals surface area contributed by atoms with Crippen LogP contribution >= 0.6 is 0 Å². The van der Waals surface area contributed by atoms with E-state index in [2.05, 4.69) is 35.1 Å². The lowest BCUT2D eigenvalue weighted by atomic mass is 10.0. The third-order valence-corrected chi connectivity index (χ3v) is 7.57. The molecule has 9 nitrogen and oxygen atoms in total. The highest BCUT2D eigenvalue weighted by Gasteiger charge is 2.20. The van der Waals surface area contributed by atoms with Gasteiger partial charge < -0.3 is 9.13 Å². The monoisotopic (exact) mass is 533 g/mol. The van der Waals surface area contributed by atoms with Crippen molar-refractivity contribution >= 4 is 49.3 Å². The molecule has 0 atom stereocenters. The highest BCUT2D eigenvalue weighted by atomic mass is 16.6. The largest absolute Gasteiger partial charge is 0.309 e. The van der Waals surface area contributed by atoms with Gasteiger partial charge in [0.05, 0.1) is 32.6 Å². The Hall–Kier alpha value is -5.96. The van der Waals surface area contributed by atoms with Gasteiger partial charge in [0, 0.05) is 88.6 Å². The van der Waals surface area contributed by atoms with Crippen LogP contribution < -0.4 is 0 Å². The molecule has 0 bridgehead atoms. The van der Waals surface area contributed by atoms with Gasteiger partial charge in [-0.05, 0) is 54.1 Å². The van der Waals surface area contributed by atoms with Crippen LogP contribution in [0.5, 0.6) is 0 Å². The molecule has 9 heteroatoms. The molecule has 0 unspecified atom stereocenters. The number of rotatable bonds is 4. The third kappa shape index (κ3) is 3.42. The molecule has 0 saturated carbocycles.